The molecule has 0 amide bonds. The molecular formula is C10H14N2O. The maximum absolute atomic E-state index is 9.05. The number of rotatable bonds is 3. The second-order valence-corrected chi connectivity index (χ2v) is 3.17. The normalized spacial score (nSPS) is 12.2. The molecule has 1 aromatic rings. The quantitative estimate of drug-likeness (QED) is 0.763. The van der Waals surface area contributed by atoms with Crippen LogP contribution in [0.5, 0.6) is 0 Å². The first-order valence-electron chi connectivity index (χ1n) is 4.31. The Hall–Kier alpha value is -1.22. The van der Waals surface area contributed by atoms with Crippen molar-refractivity contribution in [3.8, 4) is 0 Å². The van der Waals surface area contributed by atoms with Crippen LogP contribution in [0.1, 0.15) is 19.5 Å². The highest BCUT2D eigenvalue weighted by Gasteiger charge is 2.01. The Labute approximate surface area is 78.2 Å². The van der Waals surface area contributed by atoms with Crippen LogP contribution in [0, 0.1) is 5.92 Å². The minimum Gasteiger partial charge on any atom is -0.392 e. The molecule has 3 nitrogen and oxygen atoms in total. The van der Waals surface area contributed by atoms with Gasteiger partial charge >= 0.3 is 0 Å². The van der Waals surface area contributed by atoms with E-state index in [9.17, 15) is 0 Å². The molecule has 1 aromatic heterocycles. The SMILES string of the molecule is CC(C)/C(=C/c1ccncn1)CO. The van der Waals surface area contributed by atoms with E-state index in [1.165, 1.54) is 6.33 Å². The molecule has 0 atom stereocenters. The standard InChI is InChI=1S/C10H14N2O/c1-8(2)9(6-13)5-10-3-4-11-7-12-10/h3-5,7-8,13H,6H2,1-2H3/b9-5+. The van der Waals surface area contributed by atoms with Crippen molar-refractivity contribution < 1.29 is 5.11 Å². The highest BCUT2D eigenvalue weighted by molar-refractivity contribution is 5.48. The van der Waals surface area contributed by atoms with Gasteiger partial charge in [-0.1, -0.05) is 13.8 Å². The Morgan fingerprint density at radius 1 is 1.62 bits per heavy atom. The largest absolute Gasteiger partial charge is 0.392 e. The lowest BCUT2D eigenvalue weighted by molar-refractivity contribution is 0.320. The van der Waals surface area contributed by atoms with Crippen molar-refractivity contribution in [2.24, 2.45) is 5.92 Å². The molecule has 1 N–H and O–H groups in total. The molecule has 13 heavy (non-hydrogen) atoms. The summed E-state index contributed by atoms with van der Waals surface area (Å²) in [5.41, 5.74) is 1.83. The second-order valence-electron chi connectivity index (χ2n) is 3.17. The zero-order valence-electron chi connectivity index (χ0n) is 7.94. The van der Waals surface area contributed by atoms with Gasteiger partial charge in [0.2, 0.25) is 0 Å². The molecule has 70 valence electrons. The molecule has 3 heteroatoms. The lowest BCUT2D eigenvalue weighted by Gasteiger charge is -2.06. The monoisotopic (exact) mass is 178 g/mol. The molecule has 0 bridgehead atoms. The Balaban J connectivity index is 2.85. The van der Waals surface area contributed by atoms with Crippen LogP contribution in [0.25, 0.3) is 6.08 Å². The molecule has 1 heterocycles. The van der Waals surface area contributed by atoms with Gasteiger partial charge in [0.05, 0.1) is 12.3 Å². The third-order valence-electron chi connectivity index (χ3n) is 1.86. The van der Waals surface area contributed by atoms with Crippen LogP contribution in [-0.4, -0.2) is 21.7 Å². The molecule has 0 unspecified atom stereocenters. The molecular weight excluding hydrogens is 164 g/mol. The summed E-state index contributed by atoms with van der Waals surface area (Å²) in [5.74, 6) is 0.347. The molecule has 0 radical (unpaired) electrons. The maximum Gasteiger partial charge on any atom is 0.115 e. The first-order chi connectivity index (χ1) is 6.24. The summed E-state index contributed by atoms with van der Waals surface area (Å²) in [6.45, 7) is 4.17. The molecule has 0 aromatic carbocycles. The Morgan fingerprint density at radius 2 is 2.38 bits per heavy atom. The summed E-state index contributed by atoms with van der Waals surface area (Å²) in [5, 5.41) is 9.05. The summed E-state index contributed by atoms with van der Waals surface area (Å²) in [6.07, 6.45) is 5.08. The zero-order valence-corrected chi connectivity index (χ0v) is 7.94. The number of aromatic nitrogens is 2. The van der Waals surface area contributed by atoms with Gasteiger partial charge in [0.25, 0.3) is 0 Å². The highest BCUT2D eigenvalue weighted by Crippen LogP contribution is 2.11. The molecule has 1 rings (SSSR count). The van der Waals surface area contributed by atoms with Gasteiger partial charge in [0.15, 0.2) is 0 Å². The minimum absolute atomic E-state index is 0.0850. The van der Waals surface area contributed by atoms with Crippen LogP contribution < -0.4 is 0 Å². The van der Waals surface area contributed by atoms with Gasteiger partial charge in [-0.2, -0.15) is 0 Å². The fourth-order valence-electron chi connectivity index (χ4n) is 0.971. The van der Waals surface area contributed by atoms with Crippen LogP contribution in [0.3, 0.4) is 0 Å². The fraction of sp³-hybridized carbons (Fsp3) is 0.400. The predicted molar refractivity (Wildman–Crippen MR) is 51.9 cm³/mol. The number of aliphatic hydroxyl groups is 1. The van der Waals surface area contributed by atoms with Gasteiger partial charge in [0, 0.05) is 6.20 Å². The van der Waals surface area contributed by atoms with Gasteiger partial charge in [0.1, 0.15) is 6.33 Å². The minimum atomic E-state index is 0.0850. The Morgan fingerprint density at radius 3 is 2.85 bits per heavy atom. The van der Waals surface area contributed by atoms with Crippen LogP contribution in [0.2, 0.25) is 0 Å². The second kappa shape index (κ2) is 4.72. The van der Waals surface area contributed by atoms with Crippen LogP contribution >= 0.6 is 0 Å². The van der Waals surface area contributed by atoms with Crippen LogP contribution in [0.4, 0.5) is 0 Å². The van der Waals surface area contributed by atoms with Crippen LogP contribution in [0.15, 0.2) is 24.2 Å². The lowest BCUT2D eigenvalue weighted by atomic mass is 10.0. The van der Waals surface area contributed by atoms with Crippen molar-refractivity contribution in [1.82, 2.24) is 9.97 Å². The van der Waals surface area contributed by atoms with Crippen molar-refractivity contribution in [3.63, 3.8) is 0 Å². The number of aliphatic hydroxyl groups excluding tert-OH is 1. The van der Waals surface area contributed by atoms with Crippen molar-refractivity contribution in [3.05, 3.63) is 29.9 Å². The van der Waals surface area contributed by atoms with E-state index in [1.807, 2.05) is 26.0 Å². The summed E-state index contributed by atoms with van der Waals surface area (Å²) in [7, 11) is 0. The van der Waals surface area contributed by atoms with Crippen molar-refractivity contribution in [1.29, 1.82) is 0 Å². The Bertz CT molecular complexity index is 280. The van der Waals surface area contributed by atoms with E-state index in [-0.39, 0.29) is 6.61 Å². The van der Waals surface area contributed by atoms with E-state index >= 15 is 0 Å². The molecule has 0 saturated heterocycles. The summed E-state index contributed by atoms with van der Waals surface area (Å²) in [4.78, 5) is 7.87. The van der Waals surface area contributed by atoms with Gasteiger partial charge < -0.3 is 5.11 Å². The van der Waals surface area contributed by atoms with Crippen molar-refractivity contribution >= 4 is 6.08 Å². The smallest absolute Gasteiger partial charge is 0.115 e. The maximum atomic E-state index is 9.05. The van der Waals surface area contributed by atoms with E-state index in [1.54, 1.807) is 6.20 Å². The third-order valence-corrected chi connectivity index (χ3v) is 1.86. The molecule has 0 aliphatic heterocycles. The topological polar surface area (TPSA) is 46.0 Å². The third kappa shape index (κ3) is 2.95. The molecule has 0 aliphatic rings. The zero-order chi connectivity index (χ0) is 9.68. The summed E-state index contributed by atoms with van der Waals surface area (Å²) >= 11 is 0. The first-order valence-corrected chi connectivity index (χ1v) is 4.31. The van der Waals surface area contributed by atoms with Gasteiger partial charge in [-0.25, -0.2) is 9.97 Å². The van der Waals surface area contributed by atoms with E-state index in [0.717, 1.165) is 11.3 Å². The molecule has 0 fully saturated rings. The van der Waals surface area contributed by atoms with Gasteiger partial charge in [-0.15, -0.1) is 0 Å². The number of nitrogens with zero attached hydrogens (tertiary/aromatic N) is 2. The van der Waals surface area contributed by atoms with Crippen LogP contribution in [-0.2, 0) is 0 Å². The average Bonchev–Trinajstić information content (AvgIpc) is 2.15. The predicted octanol–water partition coefficient (Wildman–Crippen LogP) is 1.51. The van der Waals surface area contributed by atoms with E-state index in [4.69, 9.17) is 5.11 Å². The van der Waals surface area contributed by atoms with E-state index in [0.29, 0.717) is 5.92 Å². The summed E-state index contributed by atoms with van der Waals surface area (Å²) in [6, 6.07) is 1.82. The summed E-state index contributed by atoms with van der Waals surface area (Å²) < 4.78 is 0. The van der Waals surface area contributed by atoms with Gasteiger partial charge in [-0.05, 0) is 23.6 Å². The van der Waals surface area contributed by atoms with E-state index in [2.05, 4.69) is 9.97 Å². The molecule has 0 aliphatic carbocycles. The first kappa shape index (κ1) is 9.86. The van der Waals surface area contributed by atoms with E-state index < -0.39 is 0 Å². The number of hydrogen-bond acceptors (Lipinski definition) is 3. The molecule has 0 spiro atoms. The average molecular weight is 178 g/mol. The van der Waals surface area contributed by atoms with Gasteiger partial charge in [-0.3, -0.25) is 0 Å². The van der Waals surface area contributed by atoms with Crippen molar-refractivity contribution in [2.45, 2.75) is 13.8 Å². The van der Waals surface area contributed by atoms with Crippen molar-refractivity contribution in [2.75, 3.05) is 6.61 Å². The lowest BCUT2D eigenvalue weighted by Crippen LogP contribution is -1.99. The highest BCUT2D eigenvalue weighted by atomic mass is 16.3. The number of hydrogen-bond donors (Lipinski definition) is 1. The Kier molecular flexibility index (Phi) is 3.58. The fourth-order valence-corrected chi connectivity index (χ4v) is 0.971. The molecule has 0 saturated carbocycles.